The van der Waals surface area contributed by atoms with Gasteiger partial charge in [0.2, 0.25) is 0 Å². The lowest BCUT2D eigenvalue weighted by Gasteiger charge is -2.36. The van der Waals surface area contributed by atoms with Crippen molar-refractivity contribution in [1.82, 2.24) is 5.32 Å². The van der Waals surface area contributed by atoms with Crippen LogP contribution in [0, 0.1) is 11.3 Å². The molecule has 0 aliphatic heterocycles. The Morgan fingerprint density at radius 1 is 1.28 bits per heavy atom. The summed E-state index contributed by atoms with van der Waals surface area (Å²) in [5, 5.41) is 3.15. The minimum atomic E-state index is 0. The quantitative estimate of drug-likeness (QED) is 0.454. The van der Waals surface area contributed by atoms with Crippen molar-refractivity contribution >= 4 is 29.9 Å². The predicted molar refractivity (Wildman–Crippen MR) is 90.5 cm³/mol. The summed E-state index contributed by atoms with van der Waals surface area (Å²) in [6, 6.07) is 0.358. The van der Waals surface area contributed by atoms with Crippen molar-refractivity contribution in [3.63, 3.8) is 0 Å². The van der Waals surface area contributed by atoms with E-state index in [0.717, 1.165) is 12.5 Å². The first-order valence-corrected chi connectivity index (χ1v) is 6.98. The first kappa shape index (κ1) is 18.0. The third kappa shape index (κ3) is 6.25. The number of nitrogens with one attached hydrogen (secondary N) is 1. The molecular formula is C14H30IN3. The molecule has 0 radical (unpaired) electrons. The van der Waals surface area contributed by atoms with E-state index in [2.05, 4.69) is 38.0 Å². The van der Waals surface area contributed by atoms with Crippen LogP contribution < -0.4 is 11.1 Å². The van der Waals surface area contributed by atoms with E-state index in [1.165, 1.54) is 32.1 Å². The maximum Gasteiger partial charge on any atom is 0.188 e. The van der Waals surface area contributed by atoms with Crippen LogP contribution in [-0.4, -0.2) is 18.5 Å². The molecule has 0 atom stereocenters. The molecule has 1 aliphatic rings. The zero-order valence-electron chi connectivity index (χ0n) is 12.3. The van der Waals surface area contributed by atoms with Gasteiger partial charge in [0.25, 0.3) is 0 Å². The average Bonchev–Trinajstić information content (AvgIpc) is 2.27. The number of aliphatic imine (C=N–C) groups is 1. The van der Waals surface area contributed by atoms with Crippen LogP contribution in [0.2, 0.25) is 0 Å². The Morgan fingerprint density at radius 2 is 1.83 bits per heavy atom. The molecule has 4 heteroatoms. The van der Waals surface area contributed by atoms with Gasteiger partial charge in [-0.05, 0) is 38.0 Å². The third-order valence-corrected chi connectivity index (χ3v) is 3.80. The van der Waals surface area contributed by atoms with Crippen LogP contribution in [0.15, 0.2) is 4.99 Å². The Kier molecular flexibility index (Phi) is 8.23. The fourth-order valence-corrected chi connectivity index (χ4v) is 2.64. The largest absolute Gasteiger partial charge is 0.370 e. The highest BCUT2D eigenvalue weighted by atomic mass is 127. The van der Waals surface area contributed by atoms with Gasteiger partial charge in [-0.2, -0.15) is 0 Å². The molecule has 0 aromatic rings. The van der Waals surface area contributed by atoms with Gasteiger partial charge in [-0.25, -0.2) is 0 Å². The normalized spacial score (nSPS) is 18.6. The topological polar surface area (TPSA) is 50.4 Å². The molecule has 0 unspecified atom stereocenters. The minimum Gasteiger partial charge on any atom is -0.370 e. The second kappa shape index (κ2) is 8.23. The van der Waals surface area contributed by atoms with Gasteiger partial charge in [0.05, 0.1) is 0 Å². The van der Waals surface area contributed by atoms with Crippen LogP contribution in [0.1, 0.15) is 59.8 Å². The standard InChI is InChI=1S/C14H29N3.HI/c1-11(2)17-13(15)16-10-14(3,4)12-8-6-5-7-9-12;/h11-12H,5-10H2,1-4H3,(H3,15,16,17);1H. The molecule has 0 spiro atoms. The lowest BCUT2D eigenvalue weighted by Crippen LogP contribution is -2.38. The molecule has 0 amide bonds. The van der Waals surface area contributed by atoms with Gasteiger partial charge in [0.15, 0.2) is 5.96 Å². The molecule has 1 saturated carbocycles. The van der Waals surface area contributed by atoms with Crippen LogP contribution in [0.3, 0.4) is 0 Å². The van der Waals surface area contributed by atoms with Crippen molar-refractivity contribution in [3.8, 4) is 0 Å². The molecule has 1 aliphatic carbocycles. The van der Waals surface area contributed by atoms with E-state index in [1.54, 1.807) is 0 Å². The molecule has 108 valence electrons. The van der Waals surface area contributed by atoms with E-state index in [-0.39, 0.29) is 29.4 Å². The number of rotatable bonds is 4. The first-order chi connectivity index (χ1) is 7.92. The summed E-state index contributed by atoms with van der Waals surface area (Å²) in [7, 11) is 0. The molecule has 1 fully saturated rings. The fraction of sp³-hybridized carbons (Fsp3) is 0.929. The average molecular weight is 367 g/mol. The zero-order chi connectivity index (χ0) is 12.9. The summed E-state index contributed by atoms with van der Waals surface area (Å²) in [5.74, 6) is 1.40. The monoisotopic (exact) mass is 367 g/mol. The van der Waals surface area contributed by atoms with Crippen molar-refractivity contribution < 1.29 is 0 Å². The van der Waals surface area contributed by atoms with Crippen LogP contribution >= 0.6 is 24.0 Å². The van der Waals surface area contributed by atoms with E-state index in [1.807, 2.05) is 0 Å². The van der Waals surface area contributed by atoms with Gasteiger partial charge in [-0.3, -0.25) is 4.99 Å². The molecule has 0 bridgehead atoms. The van der Waals surface area contributed by atoms with E-state index >= 15 is 0 Å². The number of nitrogens with two attached hydrogens (primary N) is 1. The summed E-state index contributed by atoms with van der Waals surface area (Å²) >= 11 is 0. The van der Waals surface area contributed by atoms with Crippen molar-refractivity contribution in [2.45, 2.75) is 65.8 Å². The van der Waals surface area contributed by atoms with Crippen LogP contribution in [0.25, 0.3) is 0 Å². The smallest absolute Gasteiger partial charge is 0.188 e. The molecule has 1 rings (SSSR count). The van der Waals surface area contributed by atoms with E-state index in [4.69, 9.17) is 5.73 Å². The summed E-state index contributed by atoms with van der Waals surface area (Å²) < 4.78 is 0. The van der Waals surface area contributed by atoms with E-state index in [9.17, 15) is 0 Å². The molecule has 3 N–H and O–H groups in total. The second-order valence-electron chi connectivity index (χ2n) is 6.32. The summed E-state index contributed by atoms with van der Waals surface area (Å²) in [6.45, 7) is 9.65. The van der Waals surface area contributed by atoms with Gasteiger partial charge in [0.1, 0.15) is 0 Å². The van der Waals surface area contributed by atoms with Crippen LogP contribution in [0.5, 0.6) is 0 Å². The first-order valence-electron chi connectivity index (χ1n) is 6.98. The molecular weight excluding hydrogens is 337 g/mol. The Bertz CT molecular complexity index is 256. The molecule has 3 nitrogen and oxygen atoms in total. The zero-order valence-corrected chi connectivity index (χ0v) is 14.7. The molecule has 0 aromatic carbocycles. The Morgan fingerprint density at radius 3 is 2.33 bits per heavy atom. The second-order valence-corrected chi connectivity index (χ2v) is 6.32. The van der Waals surface area contributed by atoms with Crippen molar-refractivity contribution in [1.29, 1.82) is 0 Å². The van der Waals surface area contributed by atoms with E-state index < -0.39 is 0 Å². The Hall–Kier alpha value is 0. The maximum atomic E-state index is 5.85. The molecule has 0 aromatic heterocycles. The Labute approximate surface area is 129 Å². The summed E-state index contributed by atoms with van der Waals surface area (Å²) in [6.07, 6.45) is 6.90. The van der Waals surface area contributed by atoms with Gasteiger partial charge in [-0.15, -0.1) is 24.0 Å². The third-order valence-electron chi connectivity index (χ3n) is 3.80. The molecule has 0 saturated heterocycles. The summed E-state index contributed by atoms with van der Waals surface area (Å²) in [4.78, 5) is 4.49. The number of hydrogen-bond acceptors (Lipinski definition) is 1. The highest BCUT2D eigenvalue weighted by Crippen LogP contribution is 2.38. The van der Waals surface area contributed by atoms with Crippen LogP contribution in [-0.2, 0) is 0 Å². The Balaban J connectivity index is 0.00000289. The van der Waals surface area contributed by atoms with Crippen molar-refractivity contribution in [3.05, 3.63) is 0 Å². The van der Waals surface area contributed by atoms with Gasteiger partial charge in [0, 0.05) is 12.6 Å². The maximum absolute atomic E-state index is 5.85. The highest BCUT2D eigenvalue weighted by molar-refractivity contribution is 14.0. The lowest BCUT2D eigenvalue weighted by molar-refractivity contribution is 0.167. The SMILES string of the molecule is CC(C)NC(N)=NCC(C)(C)C1CCCCC1.I. The van der Waals surface area contributed by atoms with E-state index in [0.29, 0.717) is 12.0 Å². The van der Waals surface area contributed by atoms with Gasteiger partial charge in [-0.1, -0.05) is 33.1 Å². The number of hydrogen-bond donors (Lipinski definition) is 2. The minimum absolute atomic E-state index is 0. The van der Waals surface area contributed by atoms with Crippen molar-refractivity contribution in [2.75, 3.05) is 6.54 Å². The summed E-state index contributed by atoms with van der Waals surface area (Å²) in [5.41, 5.74) is 6.13. The lowest BCUT2D eigenvalue weighted by atomic mass is 9.71. The number of guanidine groups is 1. The number of halogens is 1. The van der Waals surface area contributed by atoms with Crippen LogP contribution in [0.4, 0.5) is 0 Å². The predicted octanol–water partition coefficient (Wildman–Crippen LogP) is 3.52. The molecule has 0 heterocycles. The molecule has 18 heavy (non-hydrogen) atoms. The van der Waals surface area contributed by atoms with Gasteiger partial charge >= 0.3 is 0 Å². The fourth-order valence-electron chi connectivity index (χ4n) is 2.64. The van der Waals surface area contributed by atoms with Crippen molar-refractivity contribution in [2.24, 2.45) is 22.1 Å². The highest BCUT2D eigenvalue weighted by Gasteiger charge is 2.30. The number of nitrogens with zero attached hydrogens (tertiary/aromatic N) is 1. The van der Waals surface area contributed by atoms with Gasteiger partial charge < -0.3 is 11.1 Å².